The van der Waals surface area contributed by atoms with E-state index in [-0.39, 0.29) is 11.8 Å². The molecule has 0 aliphatic carbocycles. The molecular weight excluding hydrogens is 304 g/mol. The molecule has 0 unspecified atom stereocenters. The van der Waals surface area contributed by atoms with Gasteiger partial charge in [0, 0.05) is 24.7 Å². The van der Waals surface area contributed by atoms with Crippen molar-refractivity contribution in [2.45, 2.75) is 40.0 Å². The van der Waals surface area contributed by atoms with Gasteiger partial charge in [-0.2, -0.15) is 0 Å². The lowest BCUT2D eigenvalue weighted by Gasteiger charge is -2.27. The van der Waals surface area contributed by atoms with Gasteiger partial charge in [0.2, 0.25) is 11.8 Å². The van der Waals surface area contributed by atoms with E-state index in [1.54, 1.807) is 17.0 Å². The molecule has 5 nitrogen and oxygen atoms in total. The summed E-state index contributed by atoms with van der Waals surface area (Å²) in [5, 5.41) is 2.86. The van der Waals surface area contributed by atoms with Gasteiger partial charge >= 0.3 is 0 Å². The Morgan fingerprint density at radius 2 is 2.21 bits per heavy atom. The lowest BCUT2D eigenvalue weighted by Crippen LogP contribution is -2.42. The second-order valence-electron chi connectivity index (χ2n) is 6.69. The Morgan fingerprint density at radius 1 is 1.46 bits per heavy atom. The van der Waals surface area contributed by atoms with Gasteiger partial charge in [-0.3, -0.25) is 9.59 Å². The van der Waals surface area contributed by atoms with Gasteiger partial charge in [0.15, 0.2) is 0 Å². The van der Waals surface area contributed by atoms with E-state index in [2.05, 4.69) is 11.9 Å². The fraction of sp³-hybridized carbons (Fsp3) is 0.474. The van der Waals surface area contributed by atoms with Crippen LogP contribution in [0, 0.1) is 5.41 Å². The summed E-state index contributed by atoms with van der Waals surface area (Å²) >= 11 is 0. The second kappa shape index (κ2) is 7.51. The summed E-state index contributed by atoms with van der Waals surface area (Å²) in [6.45, 7) is 10.4. The van der Waals surface area contributed by atoms with Gasteiger partial charge in [-0.05, 0) is 38.8 Å². The first-order valence-corrected chi connectivity index (χ1v) is 8.38. The van der Waals surface area contributed by atoms with E-state index >= 15 is 0 Å². The number of anilines is 2. The average Bonchev–Trinajstić information content (AvgIpc) is 2.64. The monoisotopic (exact) mass is 330 g/mol. The number of nitrogens with one attached hydrogen (secondary N) is 1. The topological polar surface area (TPSA) is 58.6 Å². The van der Waals surface area contributed by atoms with E-state index in [9.17, 15) is 9.59 Å². The summed E-state index contributed by atoms with van der Waals surface area (Å²) in [4.78, 5) is 26.4. The molecule has 1 N–H and O–H groups in total. The number of hydrogen-bond donors (Lipinski definition) is 1. The number of carbonyl (C=O) groups is 2. The number of hydrogen-bond acceptors (Lipinski definition) is 3. The van der Waals surface area contributed by atoms with Crippen LogP contribution in [0.3, 0.4) is 0 Å². The molecule has 0 radical (unpaired) electrons. The van der Waals surface area contributed by atoms with Crippen molar-refractivity contribution in [3.05, 3.63) is 30.9 Å². The fourth-order valence-corrected chi connectivity index (χ4v) is 2.63. The number of allylic oxidation sites excluding steroid dienone is 1. The number of nitrogens with zero attached hydrogens (tertiary/aromatic N) is 1. The van der Waals surface area contributed by atoms with Gasteiger partial charge in [0.05, 0.1) is 11.1 Å². The summed E-state index contributed by atoms with van der Waals surface area (Å²) < 4.78 is 5.88. The Kier molecular flexibility index (Phi) is 5.65. The van der Waals surface area contributed by atoms with Gasteiger partial charge in [0.1, 0.15) is 12.4 Å². The summed E-state index contributed by atoms with van der Waals surface area (Å²) in [7, 11) is 0. The lowest BCUT2D eigenvalue weighted by atomic mass is 9.93. The highest BCUT2D eigenvalue weighted by atomic mass is 16.5. The first-order chi connectivity index (χ1) is 11.4. The van der Waals surface area contributed by atoms with E-state index < -0.39 is 5.41 Å². The summed E-state index contributed by atoms with van der Waals surface area (Å²) in [5.41, 5.74) is 0.851. The Hall–Kier alpha value is -2.30. The highest BCUT2D eigenvalue weighted by Gasteiger charge is 2.37. The highest BCUT2D eigenvalue weighted by molar-refractivity contribution is 6.00. The van der Waals surface area contributed by atoms with Gasteiger partial charge in [-0.15, -0.1) is 6.58 Å². The molecule has 0 saturated carbocycles. The minimum atomic E-state index is -0.582. The van der Waals surface area contributed by atoms with Crippen LogP contribution >= 0.6 is 0 Å². The summed E-state index contributed by atoms with van der Waals surface area (Å²) in [6.07, 6.45) is 3.62. The zero-order chi connectivity index (χ0) is 17.7. The molecule has 0 bridgehead atoms. The molecule has 24 heavy (non-hydrogen) atoms. The third-order valence-corrected chi connectivity index (χ3v) is 3.97. The van der Waals surface area contributed by atoms with Crippen molar-refractivity contribution in [2.24, 2.45) is 5.41 Å². The van der Waals surface area contributed by atoms with E-state index in [0.29, 0.717) is 37.4 Å². The van der Waals surface area contributed by atoms with Gasteiger partial charge in [-0.1, -0.05) is 13.0 Å². The molecule has 1 heterocycles. The molecular formula is C19H26N2O3. The SMILES string of the molecule is C=CCCC(=O)Nc1ccc2c(c1)OCC(C)(C)C(=O)N2CCC. The molecule has 0 spiro atoms. The van der Waals surface area contributed by atoms with E-state index in [1.165, 1.54) is 0 Å². The van der Waals surface area contributed by atoms with Crippen LogP contribution < -0.4 is 15.0 Å². The molecule has 0 fully saturated rings. The maximum absolute atomic E-state index is 12.8. The minimum Gasteiger partial charge on any atom is -0.490 e. The first kappa shape index (κ1) is 18.0. The molecule has 2 rings (SSSR count). The molecule has 1 aliphatic heterocycles. The molecule has 130 valence electrons. The molecule has 1 aliphatic rings. The largest absolute Gasteiger partial charge is 0.490 e. The predicted octanol–water partition coefficient (Wildman–Crippen LogP) is 3.75. The molecule has 0 atom stereocenters. The Labute approximate surface area is 143 Å². The molecule has 0 aromatic heterocycles. The van der Waals surface area contributed by atoms with Gasteiger partial charge < -0.3 is 15.0 Å². The maximum Gasteiger partial charge on any atom is 0.236 e. The Balaban J connectivity index is 2.28. The normalized spacial score (nSPS) is 16.0. The minimum absolute atomic E-state index is 0.0610. The zero-order valence-electron chi connectivity index (χ0n) is 14.7. The third kappa shape index (κ3) is 3.96. The molecule has 2 amide bonds. The van der Waals surface area contributed by atoms with Crippen LogP contribution in [0.2, 0.25) is 0 Å². The van der Waals surface area contributed by atoms with Crippen LogP contribution in [0.4, 0.5) is 11.4 Å². The van der Waals surface area contributed by atoms with Crippen molar-refractivity contribution in [3.63, 3.8) is 0 Å². The fourth-order valence-electron chi connectivity index (χ4n) is 2.63. The van der Waals surface area contributed by atoms with Crippen molar-refractivity contribution < 1.29 is 14.3 Å². The number of carbonyl (C=O) groups excluding carboxylic acids is 2. The maximum atomic E-state index is 12.8. The standard InChI is InChI=1S/C19H26N2O3/c1-5-7-8-17(22)20-14-9-10-15-16(12-14)24-13-19(3,4)18(23)21(15)11-6-2/h5,9-10,12H,1,6-8,11,13H2,2-4H3,(H,20,22). The van der Waals surface area contributed by atoms with Crippen LogP contribution in [-0.4, -0.2) is 25.0 Å². The van der Waals surface area contributed by atoms with Crippen LogP contribution in [0.5, 0.6) is 5.75 Å². The smallest absolute Gasteiger partial charge is 0.236 e. The lowest BCUT2D eigenvalue weighted by molar-refractivity contribution is -0.127. The van der Waals surface area contributed by atoms with E-state index in [0.717, 1.165) is 12.1 Å². The number of ether oxygens (including phenoxy) is 1. The molecule has 0 saturated heterocycles. The van der Waals surface area contributed by atoms with Crippen molar-refractivity contribution in [1.82, 2.24) is 0 Å². The number of benzene rings is 1. The highest BCUT2D eigenvalue weighted by Crippen LogP contribution is 2.38. The zero-order valence-corrected chi connectivity index (χ0v) is 14.7. The number of amides is 2. The van der Waals surface area contributed by atoms with Crippen LogP contribution in [-0.2, 0) is 9.59 Å². The first-order valence-electron chi connectivity index (χ1n) is 8.38. The van der Waals surface area contributed by atoms with Crippen molar-refractivity contribution in [2.75, 3.05) is 23.4 Å². The summed E-state index contributed by atoms with van der Waals surface area (Å²) in [5.74, 6) is 0.625. The van der Waals surface area contributed by atoms with E-state index in [4.69, 9.17) is 4.74 Å². The van der Waals surface area contributed by atoms with Crippen molar-refractivity contribution in [3.8, 4) is 5.75 Å². The molecule has 1 aromatic carbocycles. The summed E-state index contributed by atoms with van der Waals surface area (Å²) in [6, 6.07) is 5.44. The number of fused-ring (bicyclic) bond motifs is 1. The van der Waals surface area contributed by atoms with Crippen LogP contribution in [0.15, 0.2) is 30.9 Å². The van der Waals surface area contributed by atoms with Gasteiger partial charge in [0.25, 0.3) is 0 Å². The second-order valence-corrected chi connectivity index (χ2v) is 6.69. The Bertz CT molecular complexity index is 637. The molecule has 5 heteroatoms. The third-order valence-electron chi connectivity index (χ3n) is 3.97. The number of rotatable bonds is 6. The Morgan fingerprint density at radius 3 is 2.88 bits per heavy atom. The van der Waals surface area contributed by atoms with Crippen LogP contribution in [0.25, 0.3) is 0 Å². The molecule has 1 aromatic rings. The average molecular weight is 330 g/mol. The van der Waals surface area contributed by atoms with Crippen LogP contribution in [0.1, 0.15) is 40.0 Å². The quantitative estimate of drug-likeness (QED) is 0.808. The van der Waals surface area contributed by atoms with Gasteiger partial charge in [-0.25, -0.2) is 0 Å². The predicted molar refractivity (Wildman–Crippen MR) is 96.4 cm³/mol. The van der Waals surface area contributed by atoms with E-state index in [1.807, 2.05) is 32.9 Å². The van der Waals surface area contributed by atoms with Crippen molar-refractivity contribution >= 4 is 23.2 Å². The van der Waals surface area contributed by atoms with Crippen molar-refractivity contribution in [1.29, 1.82) is 0 Å².